The first-order chi connectivity index (χ1) is 12.8. The van der Waals surface area contributed by atoms with Gasteiger partial charge in [0.15, 0.2) is 0 Å². The van der Waals surface area contributed by atoms with E-state index in [0.717, 1.165) is 0 Å². The number of nitrogens with two attached hydrogens (primary N) is 1. The van der Waals surface area contributed by atoms with Crippen molar-refractivity contribution in [2.75, 3.05) is 37.8 Å². The summed E-state index contributed by atoms with van der Waals surface area (Å²) in [4.78, 5) is 10.6. The quantitative estimate of drug-likeness (QED) is 0.788. The second-order valence-electron chi connectivity index (χ2n) is 6.59. The Morgan fingerprint density at radius 1 is 1.33 bits per heavy atom. The van der Waals surface area contributed by atoms with Crippen LogP contribution in [0, 0.1) is 5.82 Å². The molecule has 0 amide bonds. The molecular weight excluding hydrogens is 369 g/mol. The number of aromatic nitrogens is 1. The van der Waals surface area contributed by atoms with Gasteiger partial charge < -0.3 is 10.6 Å². The van der Waals surface area contributed by atoms with Crippen LogP contribution in [-0.2, 0) is 10.0 Å². The Hall–Kier alpha value is -2.52. The van der Waals surface area contributed by atoms with Gasteiger partial charge >= 0.3 is 0 Å². The number of pyridine rings is 1. The summed E-state index contributed by atoms with van der Waals surface area (Å²) in [5.74, 6) is 0.322. The third kappa shape index (κ3) is 4.25. The number of hydrogen-bond acceptors (Lipinski definition) is 6. The maximum Gasteiger partial charge on any atom is 0.218 e. The van der Waals surface area contributed by atoms with E-state index in [1.807, 2.05) is 4.90 Å². The van der Waals surface area contributed by atoms with Gasteiger partial charge in [-0.3, -0.25) is 4.99 Å². The highest BCUT2D eigenvalue weighted by Crippen LogP contribution is 2.25. The van der Waals surface area contributed by atoms with E-state index in [1.165, 1.54) is 16.4 Å². The van der Waals surface area contributed by atoms with Crippen LogP contribution < -0.4 is 10.6 Å². The first kappa shape index (κ1) is 19.2. The van der Waals surface area contributed by atoms with Gasteiger partial charge in [0.25, 0.3) is 0 Å². The maximum atomic E-state index is 12.9. The summed E-state index contributed by atoms with van der Waals surface area (Å²) in [7, 11) is -0.203. The molecule has 1 aliphatic rings. The molecule has 3 rings (SSSR count). The van der Waals surface area contributed by atoms with E-state index in [1.54, 1.807) is 44.7 Å². The van der Waals surface area contributed by atoms with Gasteiger partial charge in [0.1, 0.15) is 11.6 Å². The van der Waals surface area contributed by atoms with Crippen LogP contribution in [-0.4, -0.2) is 56.4 Å². The monoisotopic (exact) mass is 391 g/mol. The Morgan fingerprint density at radius 3 is 2.67 bits per heavy atom. The summed E-state index contributed by atoms with van der Waals surface area (Å²) in [5, 5.41) is -0.449. The van der Waals surface area contributed by atoms with E-state index >= 15 is 0 Å². The number of benzene rings is 1. The lowest BCUT2D eigenvalue weighted by molar-refractivity contribution is 0.508. The zero-order chi connectivity index (χ0) is 19.6. The molecule has 1 aliphatic heterocycles. The van der Waals surface area contributed by atoms with Crippen molar-refractivity contribution >= 4 is 33.4 Å². The van der Waals surface area contributed by atoms with Crippen molar-refractivity contribution < 1.29 is 12.8 Å². The van der Waals surface area contributed by atoms with Gasteiger partial charge in [-0.1, -0.05) is 0 Å². The average Bonchev–Trinajstić information content (AvgIpc) is 3.13. The van der Waals surface area contributed by atoms with Crippen molar-refractivity contribution in [3.63, 3.8) is 0 Å². The molecule has 1 unspecified atom stereocenters. The summed E-state index contributed by atoms with van der Waals surface area (Å²) < 4.78 is 38.8. The number of rotatable bonds is 5. The van der Waals surface area contributed by atoms with Crippen molar-refractivity contribution in [2.24, 2.45) is 4.99 Å². The van der Waals surface area contributed by atoms with E-state index < -0.39 is 15.3 Å². The van der Waals surface area contributed by atoms with Crippen molar-refractivity contribution in [2.45, 2.75) is 11.7 Å². The summed E-state index contributed by atoms with van der Waals surface area (Å²) >= 11 is 0. The minimum Gasteiger partial charge on any atom is -0.398 e. The average molecular weight is 391 g/mol. The minimum atomic E-state index is -3.29. The van der Waals surface area contributed by atoms with Crippen LogP contribution in [0.5, 0.6) is 0 Å². The molecule has 1 aromatic carbocycles. The summed E-state index contributed by atoms with van der Waals surface area (Å²) in [6.07, 6.45) is 3.73. The summed E-state index contributed by atoms with van der Waals surface area (Å²) in [5.41, 5.74) is 7.84. The lowest BCUT2D eigenvalue weighted by atomic mass is 10.2. The standard InChI is InChI=1S/C18H22FN5O2S/c1-23(2)27(25,26)16-7-8-24(12-16)18-9-17(20)13(11-22-18)10-21-15-5-3-14(19)4-6-15/h3-6,9-11,16H,7-8,12H2,1-2H3,(H2,20,22). The molecule has 7 nitrogen and oxygen atoms in total. The largest absolute Gasteiger partial charge is 0.398 e. The van der Waals surface area contributed by atoms with E-state index in [2.05, 4.69) is 9.98 Å². The molecule has 144 valence electrons. The molecule has 1 fully saturated rings. The molecule has 0 spiro atoms. The topological polar surface area (TPSA) is 91.9 Å². The van der Waals surface area contributed by atoms with E-state index in [0.29, 0.717) is 42.3 Å². The fraction of sp³-hybridized carbons (Fsp3) is 0.333. The van der Waals surface area contributed by atoms with Gasteiger partial charge in [0, 0.05) is 56.9 Å². The van der Waals surface area contributed by atoms with Crippen molar-refractivity contribution in [3.05, 3.63) is 47.9 Å². The molecule has 0 radical (unpaired) electrons. The number of nitrogens with zero attached hydrogens (tertiary/aromatic N) is 4. The van der Waals surface area contributed by atoms with Crippen LogP contribution in [0.25, 0.3) is 0 Å². The zero-order valence-corrected chi connectivity index (χ0v) is 16.0. The first-order valence-corrected chi connectivity index (χ1v) is 9.99. The van der Waals surface area contributed by atoms with Crippen molar-refractivity contribution in [3.8, 4) is 0 Å². The number of halogens is 1. The maximum absolute atomic E-state index is 12.9. The smallest absolute Gasteiger partial charge is 0.218 e. The summed E-state index contributed by atoms with van der Waals surface area (Å²) in [6, 6.07) is 7.53. The lowest BCUT2D eigenvalue weighted by Gasteiger charge is -2.20. The molecule has 9 heteroatoms. The predicted molar refractivity (Wildman–Crippen MR) is 106 cm³/mol. The highest BCUT2D eigenvalue weighted by atomic mass is 32.2. The number of anilines is 2. The second kappa shape index (κ2) is 7.61. The highest BCUT2D eigenvalue weighted by molar-refractivity contribution is 7.89. The first-order valence-electron chi connectivity index (χ1n) is 8.49. The molecule has 0 bridgehead atoms. The fourth-order valence-electron chi connectivity index (χ4n) is 2.90. The summed E-state index contributed by atoms with van der Waals surface area (Å²) in [6.45, 7) is 0.989. The number of aliphatic imine (C=N–C) groups is 1. The Morgan fingerprint density at radius 2 is 2.04 bits per heavy atom. The Balaban J connectivity index is 1.73. The molecule has 0 saturated carbocycles. The third-order valence-corrected chi connectivity index (χ3v) is 6.78. The van der Waals surface area contributed by atoms with Gasteiger partial charge in [0.05, 0.1) is 10.9 Å². The number of hydrogen-bond donors (Lipinski definition) is 1. The predicted octanol–water partition coefficient (Wildman–Crippen LogP) is 2.02. The number of sulfonamides is 1. The van der Waals surface area contributed by atoms with Crippen molar-refractivity contribution in [1.29, 1.82) is 0 Å². The normalized spacial score (nSPS) is 17.9. The molecule has 1 atom stereocenters. The lowest BCUT2D eigenvalue weighted by Crippen LogP contribution is -2.35. The minimum absolute atomic E-state index is 0.320. The van der Waals surface area contributed by atoms with Gasteiger partial charge in [-0.2, -0.15) is 0 Å². The van der Waals surface area contributed by atoms with E-state index in [9.17, 15) is 12.8 Å². The van der Waals surface area contributed by atoms with Crippen LogP contribution in [0.4, 0.5) is 21.6 Å². The van der Waals surface area contributed by atoms with Crippen LogP contribution in [0.15, 0.2) is 41.5 Å². The van der Waals surface area contributed by atoms with Gasteiger partial charge in [-0.25, -0.2) is 22.1 Å². The molecular formula is C18H22FN5O2S. The third-order valence-electron chi connectivity index (χ3n) is 4.53. The fourth-order valence-corrected chi connectivity index (χ4v) is 4.27. The van der Waals surface area contributed by atoms with Crippen LogP contribution >= 0.6 is 0 Å². The highest BCUT2D eigenvalue weighted by Gasteiger charge is 2.35. The molecule has 2 aromatic rings. The van der Waals surface area contributed by atoms with Crippen molar-refractivity contribution in [1.82, 2.24) is 9.29 Å². The Kier molecular flexibility index (Phi) is 5.43. The molecule has 0 aliphatic carbocycles. The molecule has 2 heterocycles. The number of nitrogen functional groups attached to an aromatic ring is 1. The van der Waals surface area contributed by atoms with Gasteiger partial charge in [-0.15, -0.1) is 0 Å². The Bertz CT molecular complexity index is 945. The Labute approximate surface area is 158 Å². The van der Waals surface area contributed by atoms with Crippen LogP contribution in [0.2, 0.25) is 0 Å². The van der Waals surface area contributed by atoms with Crippen LogP contribution in [0.1, 0.15) is 12.0 Å². The zero-order valence-electron chi connectivity index (χ0n) is 15.2. The second-order valence-corrected chi connectivity index (χ2v) is 9.02. The van der Waals surface area contributed by atoms with Gasteiger partial charge in [-0.05, 0) is 30.7 Å². The molecule has 2 N–H and O–H groups in total. The van der Waals surface area contributed by atoms with E-state index in [-0.39, 0.29) is 5.82 Å². The van der Waals surface area contributed by atoms with Crippen LogP contribution in [0.3, 0.4) is 0 Å². The molecule has 1 saturated heterocycles. The van der Waals surface area contributed by atoms with Gasteiger partial charge in [0.2, 0.25) is 10.0 Å². The SMILES string of the molecule is CN(C)S(=O)(=O)C1CCN(c2cc(N)c(C=Nc3ccc(F)cc3)cn2)C1. The molecule has 27 heavy (non-hydrogen) atoms. The molecule has 1 aromatic heterocycles. The van der Waals surface area contributed by atoms with E-state index in [4.69, 9.17) is 5.73 Å².